The van der Waals surface area contributed by atoms with Crippen LogP contribution in [0.25, 0.3) is 11.1 Å². The number of H-pyrrole nitrogens is 1. The van der Waals surface area contributed by atoms with E-state index in [0.717, 1.165) is 19.3 Å². The van der Waals surface area contributed by atoms with Gasteiger partial charge in [0.1, 0.15) is 23.0 Å². The molecule has 2 saturated carbocycles. The minimum atomic E-state index is -1.17. The van der Waals surface area contributed by atoms with Crippen molar-refractivity contribution in [2.24, 2.45) is 29.6 Å². The maximum atomic E-state index is 14.0. The molecule has 0 unspecified atom stereocenters. The van der Waals surface area contributed by atoms with Crippen LogP contribution in [-0.2, 0) is 0 Å². The van der Waals surface area contributed by atoms with Gasteiger partial charge in [0, 0.05) is 11.8 Å². The molecule has 2 aliphatic carbocycles. The van der Waals surface area contributed by atoms with Crippen LogP contribution in [0.5, 0.6) is 11.6 Å². The zero-order valence-electron chi connectivity index (χ0n) is 19.2. The Balaban J connectivity index is 1.64. The lowest BCUT2D eigenvalue weighted by molar-refractivity contribution is -0.178. The molecule has 1 aromatic carbocycles. The average molecular weight is 450 g/mol. The molecule has 0 bridgehead atoms. The number of ketones is 1. The number of hydrogen-bond donors (Lipinski definition) is 3. The fraction of sp³-hybridized carbons (Fsp3) is 0.481. The smallest absolute Gasteiger partial charge is 0.206 e. The molecule has 6 heteroatoms. The molecular weight excluding hydrogens is 418 g/mol. The Morgan fingerprint density at radius 1 is 1.18 bits per heavy atom. The zero-order valence-corrected chi connectivity index (χ0v) is 19.2. The normalized spacial score (nSPS) is 35.5. The summed E-state index contributed by atoms with van der Waals surface area (Å²) in [6.45, 7) is 5.97. The zero-order chi connectivity index (χ0) is 23.5. The van der Waals surface area contributed by atoms with Crippen LogP contribution in [0.2, 0.25) is 0 Å². The quantitative estimate of drug-likeness (QED) is 0.593. The van der Waals surface area contributed by atoms with Gasteiger partial charge in [0.25, 0.3) is 0 Å². The molecule has 3 N–H and O–H groups in total. The molecule has 1 aromatic heterocycles. The van der Waals surface area contributed by atoms with Crippen molar-refractivity contribution < 1.29 is 19.7 Å². The van der Waals surface area contributed by atoms with E-state index < -0.39 is 23.1 Å². The minimum Gasteiger partial charge on any atom is -0.508 e. The molecule has 0 radical (unpaired) electrons. The van der Waals surface area contributed by atoms with Crippen LogP contribution in [0.4, 0.5) is 0 Å². The molecule has 2 fully saturated rings. The van der Waals surface area contributed by atoms with E-state index in [4.69, 9.17) is 4.74 Å². The Labute approximate surface area is 193 Å². The highest BCUT2D eigenvalue weighted by Gasteiger charge is 2.61. The number of aromatic nitrogens is 1. The molecule has 0 amide bonds. The third-order valence-electron chi connectivity index (χ3n) is 8.16. The molecule has 5 rings (SSSR count). The number of hydrogen-bond acceptors (Lipinski definition) is 5. The Morgan fingerprint density at radius 3 is 2.61 bits per heavy atom. The van der Waals surface area contributed by atoms with Crippen molar-refractivity contribution in [2.45, 2.75) is 51.7 Å². The summed E-state index contributed by atoms with van der Waals surface area (Å²) in [5.41, 5.74) is -0.592. The molecule has 7 atom stereocenters. The van der Waals surface area contributed by atoms with Crippen molar-refractivity contribution in [1.82, 2.24) is 4.98 Å². The van der Waals surface area contributed by atoms with Crippen LogP contribution in [-0.4, -0.2) is 32.7 Å². The summed E-state index contributed by atoms with van der Waals surface area (Å²) in [4.78, 5) is 30.4. The van der Waals surface area contributed by atoms with Gasteiger partial charge in [-0.2, -0.15) is 0 Å². The summed E-state index contributed by atoms with van der Waals surface area (Å²) < 4.78 is 6.26. The molecular formula is C27H31NO5. The van der Waals surface area contributed by atoms with Crippen LogP contribution in [0, 0.1) is 29.6 Å². The topological polar surface area (TPSA) is 99.6 Å². The lowest BCUT2D eigenvalue weighted by atomic mass is 9.52. The van der Waals surface area contributed by atoms with Gasteiger partial charge in [-0.25, -0.2) is 0 Å². The third-order valence-corrected chi connectivity index (χ3v) is 8.16. The van der Waals surface area contributed by atoms with Gasteiger partial charge < -0.3 is 19.9 Å². The molecule has 2 aromatic rings. The molecule has 3 aliphatic rings. The Hall–Kier alpha value is -2.86. The molecule has 33 heavy (non-hydrogen) atoms. The van der Waals surface area contributed by atoms with Crippen LogP contribution >= 0.6 is 0 Å². The molecule has 0 spiro atoms. The lowest BCUT2D eigenvalue weighted by Crippen LogP contribution is -2.66. The van der Waals surface area contributed by atoms with Gasteiger partial charge in [0.05, 0.1) is 5.92 Å². The minimum absolute atomic E-state index is 0.0226. The number of carbonyl (C=O) groups is 1. The molecule has 6 nitrogen and oxygen atoms in total. The number of allylic oxidation sites excluding steroid dienone is 2. The standard InChI is InChI=1S/C27H31NO5/c1-4-5-17-18-12-14(2)6-11-20(18)27(3,32)25-21(17)24(31)22-23(30)19(13-28-26(22)33-25)15-7-9-16(29)10-8-15/h4-5,7-10,13-14,17-18,20-21,25,29,32H,6,11-12H2,1-3H3,(H,28,30)/b5-4+/t14-,17+,18+,20-,21+,25-,27-/m0/s1. The van der Waals surface area contributed by atoms with Gasteiger partial charge in [0.15, 0.2) is 5.78 Å². The number of aliphatic hydroxyl groups is 1. The number of aromatic hydroxyl groups is 1. The number of fused-ring (bicyclic) bond motifs is 3. The van der Waals surface area contributed by atoms with Gasteiger partial charge in [-0.05, 0) is 68.1 Å². The first kappa shape index (κ1) is 22.0. The number of phenolic OH excluding ortho intramolecular Hbond substituents is 1. The highest BCUT2D eigenvalue weighted by Crippen LogP contribution is 2.55. The van der Waals surface area contributed by atoms with Gasteiger partial charge in [-0.3, -0.25) is 9.59 Å². The number of carbonyl (C=O) groups excluding carboxylic acids is 1. The highest BCUT2D eigenvalue weighted by molar-refractivity contribution is 6.02. The molecule has 2 heterocycles. The van der Waals surface area contributed by atoms with Gasteiger partial charge in [-0.15, -0.1) is 0 Å². The van der Waals surface area contributed by atoms with E-state index in [2.05, 4.69) is 18.0 Å². The van der Waals surface area contributed by atoms with Crippen LogP contribution in [0.15, 0.2) is 47.4 Å². The van der Waals surface area contributed by atoms with Gasteiger partial charge in [-0.1, -0.05) is 37.6 Å². The van der Waals surface area contributed by atoms with E-state index in [9.17, 15) is 19.8 Å². The fourth-order valence-corrected chi connectivity index (χ4v) is 6.59. The Morgan fingerprint density at radius 2 is 1.91 bits per heavy atom. The number of ether oxygens (including phenoxy) is 1. The van der Waals surface area contributed by atoms with Crippen LogP contribution < -0.4 is 10.2 Å². The third kappa shape index (κ3) is 3.34. The number of phenols is 1. The Kier molecular flexibility index (Phi) is 5.24. The highest BCUT2D eigenvalue weighted by atomic mass is 16.5. The van der Waals surface area contributed by atoms with Crippen molar-refractivity contribution in [1.29, 1.82) is 0 Å². The SMILES string of the molecule is C/C=C/[C@@H]1[C@H]2C[C@@H](C)CC[C@@H]2[C@](C)(O)[C@H]2Oc3[nH]cc(-c4ccc(O)cc4)c(=O)c3C(=O)[C@@H]12. The van der Waals surface area contributed by atoms with Crippen molar-refractivity contribution in [3.05, 3.63) is 58.4 Å². The number of rotatable bonds is 2. The second-order valence-corrected chi connectivity index (χ2v) is 10.2. The first-order valence-corrected chi connectivity index (χ1v) is 11.8. The fourth-order valence-electron chi connectivity index (χ4n) is 6.59. The summed E-state index contributed by atoms with van der Waals surface area (Å²) in [5, 5.41) is 21.3. The van der Waals surface area contributed by atoms with Crippen molar-refractivity contribution >= 4 is 5.78 Å². The summed E-state index contributed by atoms with van der Waals surface area (Å²) >= 11 is 0. The second kappa shape index (κ2) is 7.87. The summed E-state index contributed by atoms with van der Waals surface area (Å²) in [7, 11) is 0. The monoisotopic (exact) mass is 449 g/mol. The number of aromatic amines is 1. The summed E-state index contributed by atoms with van der Waals surface area (Å²) in [6.07, 6.45) is 7.76. The van der Waals surface area contributed by atoms with Crippen molar-refractivity contribution in [2.75, 3.05) is 0 Å². The van der Waals surface area contributed by atoms with Crippen LogP contribution in [0.1, 0.15) is 50.4 Å². The number of pyridine rings is 1. The first-order valence-electron chi connectivity index (χ1n) is 11.8. The molecule has 0 saturated heterocycles. The predicted octanol–water partition coefficient (Wildman–Crippen LogP) is 4.32. The van der Waals surface area contributed by atoms with Crippen molar-refractivity contribution in [3.63, 3.8) is 0 Å². The van der Waals surface area contributed by atoms with Crippen LogP contribution in [0.3, 0.4) is 0 Å². The van der Waals surface area contributed by atoms with E-state index in [1.807, 2.05) is 13.0 Å². The van der Waals surface area contributed by atoms with Crippen molar-refractivity contribution in [3.8, 4) is 22.8 Å². The number of nitrogens with one attached hydrogen (secondary N) is 1. The van der Waals surface area contributed by atoms with Gasteiger partial charge >= 0.3 is 0 Å². The van der Waals surface area contributed by atoms with E-state index in [0.29, 0.717) is 17.0 Å². The first-order chi connectivity index (χ1) is 15.7. The number of Topliss-reactive ketones (excluding diaryl/α,β-unsaturated/α-hetero) is 1. The summed E-state index contributed by atoms with van der Waals surface area (Å²) in [5.74, 6) is -0.00736. The maximum Gasteiger partial charge on any atom is 0.206 e. The van der Waals surface area contributed by atoms with E-state index in [1.54, 1.807) is 19.1 Å². The van der Waals surface area contributed by atoms with Gasteiger partial charge in [0.2, 0.25) is 11.3 Å². The Bertz CT molecular complexity index is 1160. The summed E-state index contributed by atoms with van der Waals surface area (Å²) in [6, 6.07) is 6.30. The molecule has 1 aliphatic heterocycles. The lowest BCUT2D eigenvalue weighted by Gasteiger charge is -2.57. The average Bonchev–Trinajstić information content (AvgIpc) is 2.77. The maximum absolute atomic E-state index is 14.0. The second-order valence-electron chi connectivity index (χ2n) is 10.2. The number of benzene rings is 1. The molecule has 174 valence electrons. The van der Waals surface area contributed by atoms with E-state index >= 15 is 0 Å². The van der Waals surface area contributed by atoms with E-state index in [-0.39, 0.29) is 40.7 Å². The van der Waals surface area contributed by atoms with E-state index in [1.165, 1.54) is 18.3 Å². The predicted molar refractivity (Wildman–Crippen MR) is 125 cm³/mol. The largest absolute Gasteiger partial charge is 0.508 e.